The fourth-order valence-corrected chi connectivity index (χ4v) is 2.63. The number of nitrogens with one attached hydrogen (secondary N) is 3. The fourth-order valence-electron chi connectivity index (χ4n) is 2.63. The summed E-state index contributed by atoms with van der Waals surface area (Å²) in [6.45, 7) is 1.93. The van der Waals surface area contributed by atoms with Gasteiger partial charge in [-0.05, 0) is 36.4 Å². The summed E-state index contributed by atoms with van der Waals surface area (Å²) in [5, 5.41) is 27.8. The summed E-state index contributed by atoms with van der Waals surface area (Å²) in [5.74, 6) is 1.72. The highest BCUT2D eigenvalue weighted by atomic mass is 79.9. The number of para-hydroxylation sites is 1. The van der Waals surface area contributed by atoms with Crippen molar-refractivity contribution >= 4 is 17.4 Å². The van der Waals surface area contributed by atoms with Crippen LogP contribution in [0.1, 0.15) is 12.5 Å². The van der Waals surface area contributed by atoms with Gasteiger partial charge in [-0.1, -0.05) is 57.1 Å². The predicted molar refractivity (Wildman–Crippen MR) is 104 cm³/mol. The van der Waals surface area contributed by atoms with Crippen LogP contribution < -0.4 is 55.1 Å². The zero-order valence-electron chi connectivity index (χ0n) is 16.8. The molecule has 31 heavy (non-hydrogen) atoms. The van der Waals surface area contributed by atoms with Crippen molar-refractivity contribution in [1.82, 2.24) is 36.5 Å². The lowest BCUT2D eigenvalue weighted by Crippen LogP contribution is -3.00. The molecule has 5 rings (SSSR count). The molecule has 164 valence electrons. The number of hydrazine groups is 4. The van der Waals surface area contributed by atoms with Gasteiger partial charge in [-0.2, -0.15) is 10.5 Å². The van der Waals surface area contributed by atoms with E-state index in [0.29, 0.717) is 0 Å². The summed E-state index contributed by atoms with van der Waals surface area (Å²) in [6, 6.07) is 20.1. The van der Waals surface area contributed by atoms with Gasteiger partial charge in [-0.3, -0.25) is 5.01 Å². The van der Waals surface area contributed by atoms with E-state index in [1.807, 2.05) is 90.2 Å². The fraction of sp³-hybridized carbons (Fsp3) is 0.118. The van der Waals surface area contributed by atoms with Crippen molar-refractivity contribution in [2.24, 2.45) is 10.2 Å². The summed E-state index contributed by atoms with van der Waals surface area (Å²) in [7, 11) is 1.91. The predicted octanol–water partition coefficient (Wildman–Crippen LogP) is -6.89. The van der Waals surface area contributed by atoms with E-state index in [1.165, 1.54) is 6.33 Å². The molecule has 0 amide bonds. The standard InChI is InChI=1S/C16H18N8.CH2N4.2BrH/c1-13-17-23(20-21(13)2)24-19-16(14-9-5-3-6-10-14)18-22(24)15-11-7-4-8-12-15;1-2-4-5-3-1;;/h3-12,20H,1-2H3,(H,18,19);1H,(H,2,3,4,5);2*1H. The topological polar surface area (TPSA) is 122 Å². The molecule has 2 aliphatic rings. The maximum absolute atomic E-state index is 4.72. The van der Waals surface area contributed by atoms with Crippen LogP contribution in [0.25, 0.3) is 0 Å². The normalized spacial score (nSPS) is 14.8. The van der Waals surface area contributed by atoms with Gasteiger partial charge in [0.05, 0.1) is 5.56 Å². The molecule has 14 heteroatoms. The molecule has 0 radical (unpaired) electrons. The molecule has 12 nitrogen and oxygen atoms in total. The number of halogens is 2. The minimum absolute atomic E-state index is 0. The first-order chi connectivity index (χ1) is 14.2. The molecular formula is C17H22Br2N12. The summed E-state index contributed by atoms with van der Waals surface area (Å²) in [4.78, 5) is 0. The largest absolute Gasteiger partial charge is 1.00 e. The van der Waals surface area contributed by atoms with E-state index in [2.05, 4.69) is 31.3 Å². The minimum atomic E-state index is 0. The number of nitrogens with zero attached hydrogens (tertiary/aromatic N) is 8. The zero-order chi connectivity index (χ0) is 20.1. The second-order valence-electron chi connectivity index (χ2n) is 6.13. The second-order valence-corrected chi connectivity index (χ2v) is 6.13. The Balaban J connectivity index is 0.000000432. The number of nitrogens with two attached hydrogens (primary N) is 1. The molecule has 5 N–H and O–H groups in total. The summed E-state index contributed by atoms with van der Waals surface area (Å²) < 4.78 is 0. The summed E-state index contributed by atoms with van der Waals surface area (Å²) in [5.41, 5.74) is 7.18. The Morgan fingerprint density at radius 2 is 1.61 bits per heavy atom. The van der Waals surface area contributed by atoms with Gasteiger partial charge in [-0.15, -0.1) is 10.6 Å². The molecule has 2 aromatic carbocycles. The first-order valence-corrected chi connectivity index (χ1v) is 8.93. The number of aromatic nitrogens is 4. The highest BCUT2D eigenvalue weighted by Crippen LogP contribution is 2.18. The van der Waals surface area contributed by atoms with Crippen LogP contribution in [0.15, 0.2) is 77.2 Å². The van der Waals surface area contributed by atoms with E-state index in [0.717, 1.165) is 22.9 Å². The van der Waals surface area contributed by atoms with E-state index >= 15 is 0 Å². The van der Waals surface area contributed by atoms with Crippen LogP contribution in [-0.2, 0) is 0 Å². The number of quaternary nitrogens is 1. The Morgan fingerprint density at radius 3 is 2.13 bits per heavy atom. The number of anilines is 1. The zero-order valence-corrected chi connectivity index (χ0v) is 19.9. The molecule has 3 aromatic rings. The molecule has 0 bridgehead atoms. The van der Waals surface area contributed by atoms with Crippen molar-refractivity contribution in [3.05, 3.63) is 72.6 Å². The Labute approximate surface area is 200 Å². The summed E-state index contributed by atoms with van der Waals surface area (Å²) in [6.07, 6.45) is 1.46. The van der Waals surface area contributed by atoms with Gasteiger partial charge in [-0.25, -0.2) is 0 Å². The van der Waals surface area contributed by atoms with Crippen LogP contribution in [0, 0.1) is 0 Å². The number of rotatable bonds is 3. The molecule has 3 heterocycles. The van der Waals surface area contributed by atoms with Gasteiger partial charge in [0.2, 0.25) is 0 Å². The van der Waals surface area contributed by atoms with E-state index in [4.69, 9.17) is 5.10 Å². The van der Waals surface area contributed by atoms with E-state index < -0.39 is 0 Å². The number of H-pyrrole nitrogens is 2. The molecule has 0 aliphatic carbocycles. The monoisotopic (exact) mass is 552 g/mol. The third-order valence-electron chi connectivity index (χ3n) is 4.15. The summed E-state index contributed by atoms with van der Waals surface area (Å²) >= 11 is 0. The number of hydrazone groups is 2. The lowest BCUT2D eigenvalue weighted by Gasteiger charge is -2.28. The molecule has 1 aromatic heterocycles. The molecule has 0 spiro atoms. The average molecular weight is 554 g/mol. The lowest BCUT2D eigenvalue weighted by molar-refractivity contribution is -0.574. The Hall–Kier alpha value is -3.07. The maximum atomic E-state index is 4.72. The number of benzene rings is 2. The molecule has 0 unspecified atom stereocenters. The van der Waals surface area contributed by atoms with E-state index in [1.54, 1.807) is 10.5 Å². The van der Waals surface area contributed by atoms with Gasteiger partial charge >= 0.3 is 0 Å². The highest BCUT2D eigenvalue weighted by molar-refractivity contribution is 5.92. The van der Waals surface area contributed by atoms with Gasteiger partial charge in [0.1, 0.15) is 16.6 Å². The van der Waals surface area contributed by atoms with Crippen LogP contribution in [0.5, 0.6) is 0 Å². The Morgan fingerprint density at radius 1 is 0.935 bits per heavy atom. The van der Waals surface area contributed by atoms with Crippen LogP contribution in [0.4, 0.5) is 5.69 Å². The van der Waals surface area contributed by atoms with Gasteiger partial charge < -0.3 is 34.0 Å². The smallest absolute Gasteiger partial charge is 0.286 e. The molecule has 2 aliphatic heterocycles. The maximum Gasteiger partial charge on any atom is 0.286 e. The van der Waals surface area contributed by atoms with Crippen molar-refractivity contribution in [3.63, 3.8) is 0 Å². The van der Waals surface area contributed by atoms with Gasteiger partial charge in [0.15, 0.2) is 5.21 Å². The first-order valence-electron chi connectivity index (χ1n) is 8.93. The van der Waals surface area contributed by atoms with Crippen molar-refractivity contribution in [2.75, 3.05) is 12.2 Å². The molecule has 0 fully saturated rings. The van der Waals surface area contributed by atoms with Crippen molar-refractivity contribution in [3.8, 4) is 0 Å². The van der Waals surface area contributed by atoms with Crippen LogP contribution in [0.3, 0.4) is 0 Å². The molecular weight excluding hydrogens is 532 g/mol. The van der Waals surface area contributed by atoms with Crippen molar-refractivity contribution in [2.45, 2.75) is 6.92 Å². The lowest BCUT2D eigenvalue weighted by atomic mass is 10.2. The number of tetrazole rings is 1. The highest BCUT2D eigenvalue weighted by Gasteiger charge is 2.36. The Kier molecular flexibility index (Phi) is 8.87. The molecule has 0 saturated heterocycles. The van der Waals surface area contributed by atoms with E-state index in [-0.39, 0.29) is 34.0 Å². The quantitative estimate of drug-likeness (QED) is 0.276. The number of hydrogen-bond acceptors (Lipinski definition) is 9. The van der Waals surface area contributed by atoms with Crippen molar-refractivity contribution in [1.29, 1.82) is 0 Å². The SMILES string of the molecule is CC1=NN(N2N=C(c3ccccc3)[NH2+]N2c2ccccc2)NN1C.[Br-].[Br-].c1nn[nH][nH+]1. The van der Waals surface area contributed by atoms with Crippen LogP contribution in [0.2, 0.25) is 0 Å². The van der Waals surface area contributed by atoms with Gasteiger partial charge in [0, 0.05) is 7.05 Å². The number of aromatic amines is 2. The van der Waals surface area contributed by atoms with Crippen LogP contribution in [-0.4, -0.2) is 49.7 Å². The second kappa shape index (κ2) is 11.4. The van der Waals surface area contributed by atoms with E-state index in [9.17, 15) is 0 Å². The van der Waals surface area contributed by atoms with Crippen LogP contribution >= 0.6 is 0 Å². The Bertz CT molecular complexity index is 950. The molecule has 0 atom stereocenters. The molecule has 0 saturated carbocycles. The first kappa shape index (κ1) is 24.2. The minimum Gasteiger partial charge on any atom is -1.00 e. The van der Waals surface area contributed by atoms with Crippen molar-refractivity contribution < 1.29 is 44.5 Å². The van der Waals surface area contributed by atoms with Gasteiger partial charge in [0.25, 0.3) is 12.2 Å². The third kappa shape index (κ3) is 5.75. The number of hydrogen-bond donors (Lipinski definition) is 3. The average Bonchev–Trinajstić information content (AvgIpc) is 3.52. The number of amidine groups is 2. The third-order valence-corrected chi connectivity index (χ3v) is 4.15.